The van der Waals surface area contributed by atoms with Crippen molar-refractivity contribution in [1.82, 2.24) is 24.8 Å². The van der Waals surface area contributed by atoms with Gasteiger partial charge in [-0.1, -0.05) is 0 Å². The molecule has 3 saturated heterocycles. The van der Waals surface area contributed by atoms with Crippen molar-refractivity contribution in [3.8, 4) is 11.9 Å². The highest BCUT2D eigenvalue weighted by molar-refractivity contribution is 5.95. The summed E-state index contributed by atoms with van der Waals surface area (Å²) in [7, 11) is 4.03. The molecule has 0 amide bonds. The van der Waals surface area contributed by atoms with E-state index in [1.54, 1.807) is 0 Å². The Morgan fingerprint density at radius 1 is 1.26 bits per heavy atom. The molecule has 0 N–H and O–H groups in total. The Bertz CT molecular complexity index is 1120. The van der Waals surface area contributed by atoms with Crippen LogP contribution in [-0.4, -0.2) is 109 Å². The van der Waals surface area contributed by atoms with Crippen molar-refractivity contribution in [2.75, 3.05) is 71.6 Å². The fourth-order valence-electron chi connectivity index (χ4n) is 6.03. The van der Waals surface area contributed by atoms with E-state index in [1.165, 1.54) is 0 Å². The van der Waals surface area contributed by atoms with E-state index in [2.05, 4.69) is 24.7 Å². The standard InChI is InChI=1S/C24H32F2N6O3/c1-30(2)7-8-32-20-18-19(17(26)11-27-21(18)34-9-5-24(32)13-33-14-24)28-22(29-20)35-15-23-4-3-6-31(23)12-16(25)10-23/h11,16H,3-10,12-15H2,1-2H3/t16-,23+/m1/s1. The van der Waals surface area contributed by atoms with Crippen LogP contribution in [-0.2, 0) is 4.74 Å². The third-order valence-electron chi connectivity index (χ3n) is 7.98. The highest BCUT2D eigenvalue weighted by Crippen LogP contribution is 2.43. The van der Waals surface area contributed by atoms with Crippen molar-refractivity contribution < 1.29 is 23.0 Å². The predicted octanol–water partition coefficient (Wildman–Crippen LogP) is 2.04. The summed E-state index contributed by atoms with van der Waals surface area (Å²) in [6.45, 7) is 4.55. The highest BCUT2D eigenvalue weighted by atomic mass is 19.1. The minimum Gasteiger partial charge on any atom is -0.477 e. The molecule has 2 atom stereocenters. The maximum atomic E-state index is 15.1. The molecule has 0 radical (unpaired) electrons. The Kier molecular flexibility index (Phi) is 5.69. The number of aromatic nitrogens is 3. The van der Waals surface area contributed by atoms with Crippen molar-refractivity contribution in [3.63, 3.8) is 0 Å². The molecule has 35 heavy (non-hydrogen) atoms. The van der Waals surface area contributed by atoms with E-state index in [4.69, 9.17) is 19.2 Å². The molecule has 2 aromatic rings. The molecule has 0 unspecified atom stereocenters. The first-order valence-electron chi connectivity index (χ1n) is 12.4. The number of rotatable bonds is 6. The molecule has 6 heterocycles. The SMILES string of the molecule is CN(C)CCN1c2nc(OC[C@@]34CCCN3C[C@H](F)C4)nc3c(F)cnc(c23)OCCC12COC2. The van der Waals surface area contributed by atoms with Crippen molar-refractivity contribution in [3.05, 3.63) is 12.0 Å². The van der Waals surface area contributed by atoms with Gasteiger partial charge in [0.1, 0.15) is 29.5 Å². The molecule has 9 nitrogen and oxygen atoms in total. The summed E-state index contributed by atoms with van der Waals surface area (Å²) in [5, 5.41) is 0.451. The monoisotopic (exact) mass is 490 g/mol. The van der Waals surface area contributed by atoms with Crippen LogP contribution in [0.4, 0.5) is 14.6 Å². The first kappa shape index (κ1) is 23.1. The zero-order chi connectivity index (χ0) is 24.2. The molecule has 6 rings (SSSR count). The number of ether oxygens (including phenoxy) is 3. The Morgan fingerprint density at radius 3 is 2.89 bits per heavy atom. The van der Waals surface area contributed by atoms with E-state index < -0.39 is 12.0 Å². The first-order valence-corrected chi connectivity index (χ1v) is 12.4. The highest BCUT2D eigenvalue weighted by Gasteiger charge is 2.50. The smallest absolute Gasteiger partial charge is 0.319 e. The van der Waals surface area contributed by atoms with Crippen LogP contribution in [0.2, 0.25) is 0 Å². The van der Waals surface area contributed by atoms with Crippen LogP contribution in [0.5, 0.6) is 11.9 Å². The van der Waals surface area contributed by atoms with Crippen LogP contribution < -0.4 is 14.4 Å². The zero-order valence-corrected chi connectivity index (χ0v) is 20.3. The molecule has 3 fully saturated rings. The lowest BCUT2D eigenvalue weighted by Crippen LogP contribution is -2.64. The number of fused-ring (bicyclic) bond motifs is 1. The average molecular weight is 491 g/mol. The zero-order valence-electron chi connectivity index (χ0n) is 20.3. The first-order chi connectivity index (χ1) is 16.9. The molecule has 0 saturated carbocycles. The summed E-state index contributed by atoms with van der Waals surface area (Å²) < 4.78 is 47.1. The number of nitrogens with zero attached hydrogens (tertiary/aromatic N) is 6. The number of hydrogen-bond donors (Lipinski definition) is 0. The second kappa shape index (κ2) is 8.63. The van der Waals surface area contributed by atoms with Crippen molar-refractivity contribution in [1.29, 1.82) is 0 Å². The molecule has 11 heteroatoms. The van der Waals surface area contributed by atoms with Gasteiger partial charge in [0.15, 0.2) is 5.82 Å². The molecule has 190 valence electrons. The summed E-state index contributed by atoms with van der Waals surface area (Å²) in [5.41, 5.74) is -0.522. The number of halogens is 2. The third-order valence-corrected chi connectivity index (χ3v) is 7.98. The van der Waals surface area contributed by atoms with Crippen LogP contribution >= 0.6 is 0 Å². The summed E-state index contributed by atoms with van der Waals surface area (Å²) in [6, 6.07) is 0.0953. The quantitative estimate of drug-likeness (QED) is 0.605. The van der Waals surface area contributed by atoms with Crippen LogP contribution in [0.1, 0.15) is 25.7 Å². The molecule has 0 bridgehead atoms. The van der Waals surface area contributed by atoms with Crippen LogP contribution in [0.15, 0.2) is 6.20 Å². The Morgan fingerprint density at radius 2 is 2.11 bits per heavy atom. The van der Waals surface area contributed by atoms with E-state index in [9.17, 15) is 4.39 Å². The van der Waals surface area contributed by atoms with Gasteiger partial charge in [0.05, 0.1) is 37.1 Å². The van der Waals surface area contributed by atoms with Crippen LogP contribution in [0, 0.1) is 5.82 Å². The van der Waals surface area contributed by atoms with Gasteiger partial charge in [-0.25, -0.2) is 13.8 Å². The lowest BCUT2D eigenvalue weighted by atomic mass is 9.90. The number of anilines is 1. The summed E-state index contributed by atoms with van der Waals surface area (Å²) in [5.74, 6) is 0.315. The van der Waals surface area contributed by atoms with Crippen LogP contribution in [0.3, 0.4) is 0 Å². The molecule has 0 aromatic carbocycles. The lowest BCUT2D eigenvalue weighted by molar-refractivity contribution is -0.0673. The topological polar surface area (TPSA) is 76.1 Å². The second-order valence-electron chi connectivity index (χ2n) is 10.6. The van der Waals surface area contributed by atoms with Gasteiger partial charge in [0, 0.05) is 32.5 Å². The van der Waals surface area contributed by atoms with E-state index in [1.807, 2.05) is 14.1 Å². The molecule has 0 aliphatic carbocycles. The molecular formula is C24H32F2N6O3. The van der Waals surface area contributed by atoms with Gasteiger partial charge in [-0.3, -0.25) is 4.90 Å². The van der Waals surface area contributed by atoms with Crippen LogP contribution in [0.25, 0.3) is 10.9 Å². The molecule has 4 aliphatic rings. The minimum atomic E-state index is -0.854. The summed E-state index contributed by atoms with van der Waals surface area (Å²) in [4.78, 5) is 20.0. The van der Waals surface area contributed by atoms with E-state index in [0.717, 1.165) is 38.5 Å². The maximum Gasteiger partial charge on any atom is 0.319 e. The molecule has 2 aromatic heterocycles. The van der Waals surface area contributed by atoms with Gasteiger partial charge in [-0.2, -0.15) is 9.97 Å². The largest absolute Gasteiger partial charge is 0.477 e. The fourth-order valence-corrected chi connectivity index (χ4v) is 6.03. The Labute approximate surface area is 203 Å². The van der Waals surface area contributed by atoms with Gasteiger partial charge in [-0.15, -0.1) is 0 Å². The van der Waals surface area contributed by atoms with Gasteiger partial charge >= 0.3 is 6.01 Å². The van der Waals surface area contributed by atoms with Crippen molar-refractivity contribution in [2.24, 2.45) is 0 Å². The number of alkyl halides is 1. The fraction of sp³-hybridized carbons (Fsp3) is 0.708. The second-order valence-corrected chi connectivity index (χ2v) is 10.6. The molecular weight excluding hydrogens is 458 g/mol. The number of likely N-dealkylation sites (N-methyl/N-ethyl adjacent to an activating group) is 1. The van der Waals surface area contributed by atoms with Gasteiger partial charge < -0.3 is 24.0 Å². The van der Waals surface area contributed by atoms with Crippen molar-refractivity contribution in [2.45, 2.75) is 42.9 Å². The lowest BCUT2D eigenvalue weighted by Gasteiger charge is -2.51. The number of hydrogen-bond acceptors (Lipinski definition) is 9. The van der Waals surface area contributed by atoms with Gasteiger partial charge in [-0.05, 0) is 33.5 Å². The minimum absolute atomic E-state index is 0.0953. The number of pyridine rings is 1. The van der Waals surface area contributed by atoms with E-state index in [0.29, 0.717) is 56.4 Å². The molecule has 4 aliphatic heterocycles. The summed E-state index contributed by atoms with van der Waals surface area (Å²) in [6.07, 6.45) is 3.35. The Balaban J connectivity index is 1.42. The van der Waals surface area contributed by atoms with Gasteiger partial charge in [0.2, 0.25) is 5.88 Å². The predicted molar refractivity (Wildman–Crippen MR) is 125 cm³/mol. The Hall–Kier alpha value is -2.37. The maximum absolute atomic E-state index is 15.1. The summed E-state index contributed by atoms with van der Waals surface area (Å²) >= 11 is 0. The average Bonchev–Trinajstić information content (AvgIpc) is 3.31. The molecule has 1 spiro atoms. The third kappa shape index (κ3) is 3.88. The van der Waals surface area contributed by atoms with E-state index >= 15 is 4.39 Å². The normalized spacial score (nSPS) is 27.6. The van der Waals surface area contributed by atoms with Crippen molar-refractivity contribution >= 4 is 16.7 Å². The van der Waals surface area contributed by atoms with E-state index in [-0.39, 0.29) is 29.2 Å². The van der Waals surface area contributed by atoms with Gasteiger partial charge in [0.25, 0.3) is 0 Å².